The third kappa shape index (κ3) is 4.10. The van der Waals surface area contributed by atoms with Crippen molar-refractivity contribution in [2.75, 3.05) is 32.8 Å². The molecule has 2 saturated heterocycles. The highest BCUT2D eigenvalue weighted by Gasteiger charge is 2.57. The van der Waals surface area contributed by atoms with E-state index in [9.17, 15) is 4.79 Å². The van der Waals surface area contributed by atoms with Crippen LogP contribution in [0.1, 0.15) is 62.9 Å². The van der Waals surface area contributed by atoms with Crippen molar-refractivity contribution in [2.45, 2.75) is 58.0 Å². The van der Waals surface area contributed by atoms with Gasteiger partial charge in [-0.25, -0.2) is 0 Å². The average Bonchev–Trinajstić information content (AvgIpc) is 3.36. The maximum absolute atomic E-state index is 14.2. The molecular formula is C32H40N4O2. The fourth-order valence-corrected chi connectivity index (χ4v) is 6.84. The first-order valence-corrected chi connectivity index (χ1v) is 14.3. The van der Waals surface area contributed by atoms with E-state index in [0.717, 1.165) is 52.6 Å². The number of nitrogens with zero attached hydrogens (tertiary/aromatic N) is 3. The Morgan fingerprint density at radius 1 is 1.11 bits per heavy atom. The van der Waals surface area contributed by atoms with Crippen molar-refractivity contribution in [3.8, 4) is 5.75 Å². The van der Waals surface area contributed by atoms with Crippen LogP contribution < -0.4 is 4.74 Å². The number of amides is 1. The topological polar surface area (TPSA) is 51.8 Å². The van der Waals surface area contributed by atoms with Gasteiger partial charge in [-0.15, -0.1) is 0 Å². The number of likely N-dealkylation sites (tertiary alicyclic amines) is 1. The van der Waals surface area contributed by atoms with E-state index in [4.69, 9.17) is 4.74 Å². The number of aromatic nitrogens is 1. The number of carbonyl (C=O) groups is 1. The second-order valence-corrected chi connectivity index (χ2v) is 11.5. The molecule has 3 aromatic rings. The molecule has 200 valence electrons. The third-order valence-corrected chi connectivity index (χ3v) is 8.95. The third-order valence-electron chi connectivity index (χ3n) is 8.95. The highest BCUT2D eigenvalue weighted by Crippen LogP contribution is 2.51. The van der Waals surface area contributed by atoms with Gasteiger partial charge < -0.3 is 19.5 Å². The van der Waals surface area contributed by atoms with Crippen LogP contribution in [0.25, 0.3) is 10.9 Å². The first-order chi connectivity index (χ1) is 18.4. The number of ether oxygens (including phenoxy) is 1. The van der Waals surface area contributed by atoms with Gasteiger partial charge in [-0.2, -0.15) is 0 Å². The van der Waals surface area contributed by atoms with E-state index < -0.39 is 5.54 Å². The average molecular weight is 513 g/mol. The molecule has 6 rings (SSSR count). The lowest BCUT2D eigenvalue weighted by Crippen LogP contribution is -2.52. The normalized spacial score (nSPS) is 24.2. The smallest absolute Gasteiger partial charge is 0.254 e. The van der Waals surface area contributed by atoms with Gasteiger partial charge in [0, 0.05) is 29.6 Å². The lowest BCUT2D eigenvalue weighted by atomic mass is 9.81. The van der Waals surface area contributed by atoms with E-state index in [1.54, 1.807) is 0 Å². The number of hydrogen-bond donors (Lipinski definition) is 1. The van der Waals surface area contributed by atoms with Gasteiger partial charge in [0.15, 0.2) is 0 Å². The molecule has 2 aromatic carbocycles. The summed E-state index contributed by atoms with van der Waals surface area (Å²) in [6.07, 6.45) is 4.15. The van der Waals surface area contributed by atoms with Crippen LogP contribution in [-0.2, 0) is 11.2 Å². The molecule has 6 nitrogen and oxygen atoms in total. The summed E-state index contributed by atoms with van der Waals surface area (Å²) in [7, 11) is 0. The van der Waals surface area contributed by atoms with Crippen molar-refractivity contribution >= 4 is 16.8 Å². The number of carbonyl (C=O) groups excluding carboxylic acids is 1. The largest absolute Gasteiger partial charge is 0.494 e. The number of fused-ring (bicyclic) bond motifs is 4. The molecule has 1 N–H and O–H groups in total. The monoisotopic (exact) mass is 512 g/mol. The van der Waals surface area contributed by atoms with Crippen LogP contribution >= 0.6 is 0 Å². The standard InChI is InChI=1S/C32H40N4O2/c1-5-38-25-12-13-28-26(20-25)27-21-32(4)31(37)35(17-9-16-34-18-14-22(2)15-19-34)23(3)36(32)30(29(27)33-28)24-10-7-6-8-11-24/h6-8,10-13,20,22,30,33H,3,5,9,14-19,21H2,1-2,4H3/t30-,32+/m1/s1. The van der Waals surface area contributed by atoms with E-state index >= 15 is 0 Å². The van der Waals surface area contributed by atoms with Gasteiger partial charge in [-0.1, -0.05) is 43.8 Å². The van der Waals surface area contributed by atoms with Gasteiger partial charge in [-0.05, 0) is 88.0 Å². The van der Waals surface area contributed by atoms with Gasteiger partial charge in [-0.3, -0.25) is 9.69 Å². The van der Waals surface area contributed by atoms with Gasteiger partial charge in [0.1, 0.15) is 17.1 Å². The summed E-state index contributed by atoms with van der Waals surface area (Å²) in [4.78, 5) is 24.7. The second kappa shape index (κ2) is 9.81. The van der Waals surface area contributed by atoms with Crippen LogP contribution in [0.3, 0.4) is 0 Å². The van der Waals surface area contributed by atoms with E-state index in [-0.39, 0.29) is 11.9 Å². The van der Waals surface area contributed by atoms with Crippen LogP contribution in [0.15, 0.2) is 60.9 Å². The van der Waals surface area contributed by atoms with Crippen LogP contribution in [0.5, 0.6) is 5.75 Å². The van der Waals surface area contributed by atoms with Gasteiger partial charge in [0.2, 0.25) is 0 Å². The molecule has 38 heavy (non-hydrogen) atoms. The van der Waals surface area contributed by atoms with E-state index in [0.29, 0.717) is 19.6 Å². The fourth-order valence-electron chi connectivity index (χ4n) is 6.84. The van der Waals surface area contributed by atoms with E-state index in [1.165, 1.54) is 31.5 Å². The predicted octanol–water partition coefficient (Wildman–Crippen LogP) is 5.71. The van der Waals surface area contributed by atoms with Crippen LogP contribution in [0.4, 0.5) is 0 Å². The molecule has 0 spiro atoms. The SMILES string of the molecule is C=C1N(CCCN2CCC(C)CC2)C(=O)[C@]2(C)Cc3c([nH]c4ccc(OCC)cc34)[C@@H](c3ccccc3)N12. The van der Waals surface area contributed by atoms with Crippen molar-refractivity contribution in [3.63, 3.8) is 0 Å². The molecule has 1 amide bonds. The summed E-state index contributed by atoms with van der Waals surface area (Å²) in [6, 6.07) is 16.7. The van der Waals surface area contributed by atoms with Gasteiger partial charge in [0.25, 0.3) is 5.91 Å². The van der Waals surface area contributed by atoms with Gasteiger partial charge in [0.05, 0.1) is 12.6 Å². The van der Waals surface area contributed by atoms with Crippen LogP contribution in [-0.4, -0.2) is 63.9 Å². The number of nitrogens with one attached hydrogen (secondary N) is 1. The number of piperidine rings is 1. The minimum absolute atomic E-state index is 0.113. The molecule has 1 aromatic heterocycles. The quantitative estimate of drug-likeness (QED) is 0.441. The first kappa shape index (κ1) is 25.1. The number of hydrogen-bond acceptors (Lipinski definition) is 4. The molecular weight excluding hydrogens is 472 g/mol. The Kier molecular flexibility index (Phi) is 6.47. The lowest BCUT2D eigenvalue weighted by molar-refractivity contribution is -0.133. The molecule has 2 atom stereocenters. The molecule has 3 aliphatic rings. The predicted molar refractivity (Wildman–Crippen MR) is 152 cm³/mol. The highest BCUT2D eigenvalue weighted by atomic mass is 16.5. The summed E-state index contributed by atoms with van der Waals surface area (Å²) in [5.41, 5.74) is 3.90. The molecule has 0 bridgehead atoms. The fraction of sp³-hybridized carbons (Fsp3) is 0.469. The number of rotatable bonds is 7. The molecule has 0 radical (unpaired) electrons. The van der Waals surface area contributed by atoms with Crippen molar-refractivity contribution in [1.29, 1.82) is 0 Å². The first-order valence-electron chi connectivity index (χ1n) is 14.3. The van der Waals surface area contributed by atoms with E-state index in [1.807, 2.05) is 24.0 Å². The number of benzene rings is 2. The van der Waals surface area contributed by atoms with Crippen LogP contribution in [0.2, 0.25) is 0 Å². The molecule has 0 unspecified atom stereocenters. The number of aromatic amines is 1. The maximum Gasteiger partial charge on any atom is 0.254 e. The van der Waals surface area contributed by atoms with Crippen molar-refractivity contribution in [1.82, 2.24) is 19.7 Å². The Morgan fingerprint density at radius 3 is 2.61 bits per heavy atom. The summed E-state index contributed by atoms with van der Waals surface area (Å²) in [6.45, 7) is 15.7. The summed E-state index contributed by atoms with van der Waals surface area (Å²) >= 11 is 0. The Morgan fingerprint density at radius 2 is 1.87 bits per heavy atom. The molecule has 6 heteroatoms. The van der Waals surface area contributed by atoms with Crippen molar-refractivity contribution in [3.05, 3.63) is 77.8 Å². The number of H-pyrrole nitrogens is 1. The molecule has 0 saturated carbocycles. The molecule has 3 aliphatic heterocycles. The van der Waals surface area contributed by atoms with Crippen molar-refractivity contribution < 1.29 is 9.53 Å². The minimum atomic E-state index is -0.693. The van der Waals surface area contributed by atoms with Crippen molar-refractivity contribution in [2.24, 2.45) is 5.92 Å². The molecule has 0 aliphatic carbocycles. The summed E-state index contributed by atoms with van der Waals surface area (Å²) < 4.78 is 5.84. The lowest BCUT2D eigenvalue weighted by Gasteiger charge is -2.44. The Labute approximate surface area is 226 Å². The zero-order chi connectivity index (χ0) is 26.4. The zero-order valence-electron chi connectivity index (χ0n) is 23.0. The Hall–Kier alpha value is -3.25. The van der Waals surface area contributed by atoms with Crippen LogP contribution in [0, 0.1) is 5.92 Å². The molecule has 4 heterocycles. The minimum Gasteiger partial charge on any atom is -0.494 e. The second-order valence-electron chi connectivity index (χ2n) is 11.5. The summed E-state index contributed by atoms with van der Waals surface area (Å²) in [5.74, 6) is 2.67. The highest BCUT2D eigenvalue weighted by molar-refractivity contribution is 5.94. The summed E-state index contributed by atoms with van der Waals surface area (Å²) in [5, 5.41) is 1.14. The maximum atomic E-state index is 14.2. The zero-order valence-corrected chi connectivity index (χ0v) is 23.0. The van der Waals surface area contributed by atoms with E-state index in [2.05, 4.69) is 71.6 Å². The molecule has 2 fully saturated rings. The Balaban J connectivity index is 1.34. The Bertz CT molecular complexity index is 1340. The van der Waals surface area contributed by atoms with Gasteiger partial charge >= 0.3 is 0 Å².